The lowest BCUT2D eigenvalue weighted by Crippen LogP contribution is -2.52. The van der Waals surface area contributed by atoms with E-state index in [1.54, 1.807) is 13.2 Å². The Hall–Kier alpha value is -3.81. The molecule has 3 aliphatic heterocycles. The SMILES string of the molecule is COc1cc(N2CCOCC2)ccc1NN1C=C2NNC(c3cccc(NS(C)(=O)=O)c3)=C2N(NC2CCCCC2)C1. The van der Waals surface area contributed by atoms with Gasteiger partial charge in [-0.1, -0.05) is 31.4 Å². The molecule has 1 saturated heterocycles. The van der Waals surface area contributed by atoms with Crippen LogP contribution in [0.4, 0.5) is 17.1 Å². The van der Waals surface area contributed by atoms with Gasteiger partial charge in [-0.2, -0.15) is 0 Å². The van der Waals surface area contributed by atoms with Crippen molar-refractivity contribution in [3.8, 4) is 5.75 Å². The van der Waals surface area contributed by atoms with Gasteiger partial charge in [0.1, 0.15) is 18.1 Å². The maximum absolute atomic E-state index is 11.9. The van der Waals surface area contributed by atoms with Crippen LogP contribution in [0.15, 0.2) is 60.1 Å². The lowest BCUT2D eigenvalue weighted by molar-refractivity contribution is 0.122. The predicted molar refractivity (Wildman–Crippen MR) is 164 cm³/mol. The molecule has 13 heteroatoms. The van der Waals surface area contributed by atoms with Crippen molar-refractivity contribution in [1.29, 1.82) is 0 Å². The number of anilines is 3. The van der Waals surface area contributed by atoms with Gasteiger partial charge in [0.05, 0.1) is 49.9 Å². The number of ether oxygens (including phenoxy) is 2. The highest BCUT2D eigenvalue weighted by molar-refractivity contribution is 7.92. The van der Waals surface area contributed by atoms with Gasteiger partial charge in [0, 0.05) is 42.1 Å². The molecule has 0 unspecified atom stereocenters. The fourth-order valence-corrected chi connectivity index (χ4v) is 6.46. The molecule has 2 aromatic rings. The molecule has 3 heterocycles. The first-order valence-electron chi connectivity index (χ1n) is 14.5. The summed E-state index contributed by atoms with van der Waals surface area (Å²) in [6.07, 6.45) is 9.13. The molecule has 42 heavy (non-hydrogen) atoms. The minimum Gasteiger partial charge on any atom is -0.494 e. The van der Waals surface area contributed by atoms with Crippen molar-refractivity contribution in [2.75, 3.05) is 61.4 Å². The molecule has 0 bridgehead atoms. The molecular weight excluding hydrogens is 556 g/mol. The number of fused-ring (bicyclic) bond motifs is 1. The fourth-order valence-electron chi connectivity index (χ4n) is 5.91. The number of sulfonamides is 1. The van der Waals surface area contributed by atoms with Crippen LogP contribution in [0, 0.1) is 0 Å². The Morgan fingerprint density at radius 2 is 1.83 bits per heavy atom. The molecule has 1 aliphatic carbocycles. The minimum atomic E-state index is -3.39. The molecular formula is C29H40N8O4S. The van der Waals surface area contributed by atoms with E-state index in [1.165, 1.54) is 19.3 Å². The van der Waals surface area contributed by atoms with Gasteiger partial charge in [0.25, 0.3) is 0 Å². The van der Waals surface area contributed by atoms with Crippen LogP contribution in [0.1, 0.15) is 37.7 Å². The first kappa shape index (κ1) is 28.3. The number of nitrogens with zero attached hydrogens (tertiary/aromatic N) is 3. The molecule has 0 aromatic heterocycles. The number of benzene rings is 2. The Labute approximate surface area is 247 Å². The third-order valence-corrected chi connectivity index (χ3v) is 8.49. The molecule has 12 nitrogen and oxygen atoms in total. The summed E-state index contributed by atoms with van der Waals surface area (Å²) in [5.41, 5.74) is 20.1. The van der Waals surface area contributed by atoms with Crippen molar-refractivity contribution >= 4 is 32.8 Å². The molecule has 0 amide bonds. The van der Waals surface area contributed by atoms with Crippen molar-refractivity contribution in [3.05, 3.63) is 65.6 Å². The van der Waals surface area contributed by atoms with Gasteiger partial charge < -0.3 is 14.4 Å². The average molecular weight is 597 g/mol. The Balaban J connectivity index is 1.29. The predicted octanol–water partition coefficient (Wildman–Crippen LogP) is 2.96. The number of morpholine rings is 1. The first-order chi connectivity index (χ1) is 20.4. The molecule has 0 spiro atoms. The highest BCUT2D eigenvalue weighted by Gasteiger charge is 2.33. The van der Waals surface area contributed by atoms with E-state index >= 15 is 0 Å². The Morgan fingerprint density at radius 3 is 2.60 bits per heavy atom. The van der Waals surface area contributed by atoms with Crippen LogP contribution in [0.3, 0.4) is 0 Å². The van der Waals surface area contributed by atoms with Crippen LogP contribution < -0.4 is 36.1 Å². The van der Waals surface area contributed by atoms with E-state index < -0.39 is 10.0 Å². The van der Waals surface area contributed by atoms with Crippen molar-refractivity contribution in [3.63, 3.8) is 0 Å². The smallest absolute Gasteiger partial charge is 0.229 e. The Morgan fingerprint density at radius 1 is 1.02 bits per heavy atom. The van der Waals surface area contributed by atoms with E-state index in [0.717, 1.165) is 85.2 Å². The van der Waals surface area contributed by atoms with Gasteiger partial charge in [-0.3, -0.25) is 31.0 Å². The van der Waals surface area contributed by atoms with E-state index in [2.05, 4.69) is 54.5 Å². The quantitative estimate of drug-likeness (QED) is 0.294. The molecule has 1 saturated carbocycles. The number of hydrogen-bond acceptors (Lipinski definition) is 11. The second-order valence-electron chi connectivity index (χ2n) is 11.1. The van der Waals surface area contributed by atoms with Crippen molar-refractivity contribution < 1.29 is 17.9 Å². The first-order valence-corrected chi connectivity index (χ1v) is 16.4. The van der Waals surface area contributed by atoms with Gasteiger partial charge >= 0.3 is 0 Å². The van der Waals surface area contributed by atoms with E-state index in [1.807, 2.05) is 29.4 Å². The van der Waals surface area contributed by atoms with Crippen LogP contribution in [0.25, 0.3) is 5.70 Å². The van der Waals surface area contributed by atoms with E-state index in [-0.39, 0.29) is 0 Å². The van der Waals surface area contributed by atoms with E-state index in [0.29, 0.717) is 18.4 Å². The average Bonchev–Trinajstić information content (AvgIpc) is 3.42. The maximum atomic E-state index is 11.9. The number of methoxy groups -OCH3 is 1. The lowest BCUT2D eigenvalue weighted by Gasteiger charge is -2.40. The van der Waals surface area contributed by atoms with Gasteiger partial charge in [0.15, 0.2) is 0 Å². The third kappa shape index (κ3) is 6.48. The largest absolute Gasteiger partial charge is 0.494 e. The summed E-state index contributed by atoms with van der Waals surface area (Å²) in [6, 6.07) is 14.0. The molecule has 2 fully saturated rings. The summed E-state index contributed by atoms with van der Waals surface area (Å²) in [5.74, 6) is 0.763. The van der Waals surface area contributed by atoms with Gasteiger partial charge in [-0.05, 0) is 37.1 Å². The fraction of sp³-hybridized carbons (Fsp3) is 0.448. The van der Waals surface area contributed by atoms with Crippen LogP contribution >= 0.6 is 0 Å². The lowest BCUT2D eigenvalue weighted by atomic mass is 9.96. The van der Waals surface area contributed by atoms with Gasteiger partial charge in [-0.25, -0.2) is 13.8 Å². The van der Waals surface area contributed by atoms with E-state index in [9.17, 15) is 8.42 Å². The summed E-state index contributed by atoms with van der Waals surface area (Å²) in [7, 11) is -1.70. The highest BCUT2D eigenvalue weighted by atomic mass is 32.2. The van der Waals surface area contributed by atoms with E-state index in [4.69, 9.17) is 9.47 Å². The topological polar surface area (TPSA) is 122 Å². The van der Waals surface area contributed by atoms with Crippen LogP contribution in [0.2, 0.25) is 0 Å². The van der Waals surface area contributed by atoms with Crippen LogP contribution in [-0.2, 0) is 14.8 Å². The normalized spacial score (nSPS) is 19.6. The molecule has 2 aromatic carbocycles. The Kier molecular flexibility index (Phi) is 8.22. The second-order valence-corrected chi connectivity index (χ2v) is 12.8. The van der Waals surface area contributed by atoms with Gasteiger partial charge in [0.2, 0.25) is 10.0 Å². The zero-order chi connectivity index (χ0) is 29.1. The summed E-state index contributed by atoms with van der Waals surface area (Å²) in [5, 5.41) is 4.20. The summed E-state index contributed by atoms with van der Waals surface area (Å²) in [6.45, 7) is 3.70. The molecule has 0 atom stereocenters. The third-order valence-electron chi connectivity index (χ3n) is 7.89. The van der Waals surface area contributed by atoms with Crippen molar-refractivity contribution in [2.24, 2.45) is 0 Å². The maximum Gasteiger partial charge on any atom is 0.229 e. The molecule has 226 valence electrons. The minimum absolute atomic E-state index is 0.370. The monoisotopic (exact) mass is 596 g/mol. The molecule has 5 N–H and O–H groups in total. The molecule has 6 rings (SSSR count). The standard InChI is InChI=1S/C29H40N8O4S/c1-40-27-18-24(35-13-15-41-16-14-35)11-12-25(27)33-36-19-26-29(37(20-36)32-22-8-4-3-5-9-22)28(31-30-26)21-7-6-10-23(17-21)34-42(2,38)39/h6-7,10-12,17-19,22,30-34H,3-5,8-9,13-16,20H2,1-2H3. The van der Waals surface area contributed by atoms with Crippen LogP contribution in [-0.4, -0.2) is 70.8 Å². The highest BCUT2D eigenvalue weighted by Crippen LogP contribution is 2.35. The second kappa shape index (κ2) is 12.2. The number of nitrogens with one attached hydrogen (secondary N) is 5. The molecule has 0 radical (unpaired) electrons. The van der Waals surface area contributed by atoms with Crippen LogP contribution in [0.5, 0.6) is 5.75 Å². The van der Waals surface area contributed by atoms with Crippen molar-refractivity contribution in [1.82, 2.24) is 26.3 Å². The zero-order valence-electron chi connectivity index (χ0n) is 24.2. The number of rotatable bonds is 9. The number of hydrogen-bond donors (Lipinski definition) is 5. The number of hydrazine groups is 3. The summed E-state index contributed by atoms with van der Waals surface area (Å²) < 4.78 is 37.6. The Bertz CT molecular complexity index is 1450. The molecule has 4 aliphatic rings. The van der Waals surface area contributed by atoms with Gasteiger partial charge in [-0.15, -0.1) is 0 Å². The summed E-state index contributed by atoms with van der Waals surface area (Å²) >= 11 is 0. The summed E-state index contributed by atoms with van der Waals surface area (Å²) in [4.78, 5) is 2.31. The zero-order valence-corrected chi connectivity index (χ0v) is 25.0. The van der Waals surface area contributed by atoms with Crippen molar-refractivity contribution in [2.45, 2.75) is 38.1 Å².